The van der Waals surface area contributed by atoms with Crippen molar-refractivity contribution in [3.05, 3.63) is 205 Å². The van der Waals surface area contributed by atoms with Crippen molar-refractivity contribution in [2.75, 3.05) is 4.90 Å². The van der Waals surface area contributed by atoms with Crippen molar-refractivity contribution in [3.63, 3.8) is 0 Å². The average Bonchev–Trinajstić information content (AvgIpc) is 3.75. The van der Waals surface area contributed by atoms with Crippen LogP contribution in [0.1, 0.15) is 50.7 Å². The number of aromatic nitrogens is 3. The van der Waals surface area contributed by atoms with Crippen molar-refractivity contribution in [1.82, 2.24) is 15.0 Å². The van der Waals surface area contributed by atoms with Gasteiger partial charge in [-0.1, -0.05) is 172 Å². The maximum Gasteiger partial charge on any atom is 2.00 e. The number of anilines is 3. The number of nitrogens with zero attached hydrogens (tertiary/aromatic N) is 4. The quantitative estimate of drug-likeness (QED) is 0.128. The minimum absolute atomic E-state index is 0. The van der Waals surface area contributed by atoms with Gasteiger partial charge in [0, 0.05) is 16.5 Å². The van der Waals surface area contributed by atoms with Gasteiger partial charge in [0.15, 0.2) is 0 Å². The van der Waals surface area contributed by atoms with E-state index in [-0.39, 0.29) is 21.1 Å². The van der Waals surface area contributed by atoms with Gasteiger partial charge in [-0.3, -0.25) is 19.9 Å². The van der Waals surface area contributed by atoms with E-state index in [2.05, 4.69) is 221 Å². The fraction of sp³-hybridized carbons (Fsp3) is 0.105. The number of fused-ring (bicyclic) bond motifs is 2. The van der Waals surface area contributed by atoms with Gasteiger partial charge in [0.05, 0.1) is 5.69 Å². The van der Waals surface area contributed by atoms with Gasteiger partial charge in [0.1, 0.15) is 16.6 Å². The third-order valence-electron chi connectivity index (χ3n) is 11.5. The molecule has 0 amide bonds. The Labute approximate surface area is 388 Å². The minimum Gasteiger partial charge on any atom is -0.280 e. The van der Waals surface area contributed by atoms with E-state index in [0.717, 1.165) is 71.4 Å². The first-order valence-corrected chi connectivity index (χ1v) is 22.1. The first kappa shape index (κ1) is 41.8. The molecule has 0 saturated heterocycles. The summed E-state index contributed by atoms with van der Waals surface area (Å²) in [5, 5.41) is 3.30. The van der Waals surface area contributed by atoms with Gasteiger partial charge < -0.3 is 0 Å². The number of benzene rings is 7. The van der Waals surface area contributed by atoms with Crippen LogP contribution in [0.5, 0.6) is 0 Å². The average molecular weight is 1010 g/mol. The van der Waals surface area contributed by atoms with Crippen LogP contribution >= 0.6 is 11.3 Å². The van der Waals surface area contributed by atoms with E-state index >= 15 is 0 Å². The molecule has 0 N–H and O–H groups in total. The fourth-order valence-electron chi connectivity index (χ4n) is 8.44. The van der Waals surface area contributed by atoms with Crippen molar-refractivity contribution >= 4 is 49.6 Å². The second-order valence-electron chi connectivity index (χ2n) is 16.2. The molecule has 0 saturated carbocycles. The number of thiazole rings is 1. The molecule has 4 nitrogen and oxygen atoms in total. The molecule has 308 valence electrons. The van der Waals surface area contributed by atoms with E-state index in [1.807, 2.05) is 6.07 Å². The number of hydrogen-bond acceptors (Lipinski definition) is 5. The molecule has 0 aliphatic rings. The van der Waals surface area contributed by atoms with E-state index in [0.29, 0.717) is 11.8 Å². The summed E-state index contributed by atoms with van der Waals surface area (Å²) in [4.78, 5) is 18.1. The van der Waals surface area contributed by atoms with Crippen LogP contribution in [-0.4, -0.2) is 15.0 Å². The Bertz CT molecular complexity index is 3180. The molecule has 0 fully saturated rings. The summed E-state index contributed by atoms with van der Waals surface area (Å²) >= 11 is 1.74. The van der Waals surface area contributed by atoms with Gasteiger partial charge in [-0.2, -0.15) is 11.3 Å². The van der Waals surface area contributed by atoms with Crippen LogP contribution in [0.3, 0.4) is 0 Å². The molecule has 0 radical (unpaired) electrons. The van der Waals surface area contributed by atoms with Gasteiger partial charge in [0.25, 0.3) is 0 Å². The molecule has 10 rings (SSSR count). The third-order valence-corrected chi connectivity index (χ3v) is 12.6. The monoisotopic (exact) mass is 1010 g/mol. The minimum atomic E-state index is 0. The van der Waals surface area contributed by atoms with E-state index in [1.54, 1.807) is 11.3 Å². The molecular formula is C57H44N4PtS. The first-order chi connectivity index (χ1) is 30.4. The number of hydrogen-bond donors (Lipinski definition) is 0. The molecule has 0 bridgehead atoms. The van der Waals surface area contributed by atoms with Crippen molar-refractivity contribution in [3.8, 4) is 55.3 Å². The summed E-state index contributed by atoms with van der Waals surface area (Å²) in [5.74, 6) is 2.28. The van der Waals surface area contributed by atoms with Crippen LogP contribution in [0, 0.1) is 12.1 Å². The molecule has 3 aromatic heterocycles. The van der Waals surface area contributed by atoms with Crippen LogP contribution in [0.25, 0.3) is 76.3 Å². The predicted octanol–water partition coefficient (Wildman–Crippen LogP) is 15.9. The fourth-order valence-corrected chi connectivity index (χ4v) is 9.46. The van der Waals surface area contributed by atoms with E-state index in [4.69, 9.17) is 15.0 Å². The molecule has 0 unspecified atom stereocenters. The van der Waals surface area contributed by atoms with Crippen LogP contribution < -0.4 is 4.90 Å². The summed E-state index contributed by atoms with van der Waals surface area (Å²) in [6.45, 7) is 9.04. The zero-order chi connectivity index (χ0) is 42.2. The third kappa shape index (κ3) is 8.27. The molecule has 63 heavy (non-hydrogen) atoms. The van der Waals surface area contributed by atoms with Gasteiger partial charge in [-0.15, -0.1) is 53.6 Å². The smallest absolute Gasteiger partial charge is 0.280 e. The maximum atomic E-state index is 5.35. The Morgan fingerprint density at radius 3 is 1.78 bits per heavy atom. The second-order valence-corrected chi connectivity index (χ2v) is 17.3. The van der Waals surface area contributed by atoms with Gasteiger partial charge in [-0.05, 0) is 73.8 Å². The predicted molar refractivity (Wildman–Crippen MR) is 260 cm³/mol. The van der Waals surface area contributed by atoms with Gasteiger partial charge in [-0.25, -0.2) is 0 Å². The molecule has 0 spiro atoms. The molecular weight excluding hydrogens is 968 g/mol. The molecule has 0 aliphatic heterocycles. The SMILES string of the molecule is CC(C)c1cccc(C(C)C)c1-c1nc2cc(-c3cccc(N(c4cccc(-c5[c-]cc(-c6ccccc6-c6ccccc6)cc5)n4)c4cccc5ccccc45)n3)[c-]cc2s1.[Pt+2]. The van der Waals surface area contributed by atoms with Crippen molar-refractivity contribution in [2.24, 2.45) is 0 Å². The maximum absolute atomic E-state index is 5.35. The summed E-state index contributed by atoms with van der Waals surface area (Å²) in [6, 6.07) is 70.6. The second kappa shape index (κ2) is 18.1. The van der Waals surface area contributed by atoms with Crippen molar-refractivity contribution in [2.45, 2.75) is 39.5 Å². The Balaban J connectivity index is 0.00000504. The Morgan fingerprint density at radius 2 is 1.10 bits per heavy atom. The topological polar surface area (TPSA) is 41.9 Å². The Kier molecular flexibility index (Phi) is 12.0. The molecule has 10 aromatic rings. The summed E-state index contributed by atoms with van der Waals surface area (Å²) in [6.07, 6.45) is 0. The molecule has 6 heteroatoms. The Hall–Kier alpha value is -6.52. The molecule has 7 aromatic carbocycles. The zero-order valence-corrected chi connectivity index (χ0v) is 38.6. The van der Waals surface area contributed by atoms with E-state index in [9.17, 15) is 0 Å². The summed E-state index contributed by atoms with van der Waals surface area (Å²) < 4.78 is 1.11. The van der Waals surface area contributed by atoms with Crippen molar-refractivity contribution < 1.29 is 21.1 Å². The van der Waals surface area contributed by atoms with Crippen molar-refractivity contribution in [1.29, 1.82) is 0 Å². The summed E-state index contributed by atoms with van der Waals surface area (Å²) in [7, 11) is 0. The molecule has 0 atom stereocenters. The van der Waals surface area contributed by atoms with Crippen LogP contribution in [-0.2, 0) is 21.1 Å². The van der Waals surface area contributed by atoms with Gasteiger partial charge in [0.2, 0.25) is 0 Å². The zero-order valence-electron chi connectivity index (χ0n) is 35.5. The molecule has 0 aliphatic carbocycles. The first-order valence-electron chi connectivity index (χ1n) is 21.2. The number of pyridine rings is 2. The normalized spacial score (nSPS) is 11.3. The standard InChI is InChI=1S/C57H44N4S.Pt/c1-37(2)44-23-13-24-45(38(3)4)56(44)57-60-51-36-43(34-35-53(51)62-57)50-26-15-29-55(59-50)61(52-27-12-19-40-18-8-9-22-48(40)52)54-28-14-25-49(58-54)42-32-30-41(31-33-42)47-21-11-10-20-46(47)39-16-6-5-7-17-39;/h5-32,35-38H,1-4H3;/q-2;+2. The van der Waals surface area contributed by atoms with Crippen LogP contribution in [0.4, 0.5) is 17.3 Å². The van der Waals surface area contributed by atoms with Gasteiger partial charge >= 0.3 is 21.1 Å². The van der Waals surface area contributed by atoms with Crippen LogP contribution in [0.15, 0.2) is 182 Å². The van der Waals surface area contributed by atoms with Crippen LogP contribution in [0.2, 0.25) is 0 Å². The molecule has 3 heterocycles. The number of rotatable bonds is 10. The summed E-state index contributed by atoms with van der Waals surface area (Å²) in [5.41, 5.74) is 14.0. The Morgan fingerprint density at radius 1 is 0.508 bits per heavy atom. The van der Waals surface area contributed by atoms with E-state index in [1.165, 1.54) is 33.4 Å². The van der Waals surface area contributed by atoms with E-state index < -0.39 is 0 Å². The largest absolute Gasteiger partial charge is 2.00 e.